The Labute approximate surface area is 121 Å². The number of hydrogen-bond acceptors (Lipinski definition) is 4. The molecule has 3 nitrogen and oxygen atoms in total. The number of rotatable bonds is 14. The monoisotopic (exact) mass is 298 g/mol. The molecule has 0 aliphatic carbocycles. The molecule has 18 heavy (non-hydrogen) atoms. The van der Waals surface area contributed by atoms with Crippen molar-refractivity contribution >= 4 is 23.4 Å². The lowest BCUT2D eigenvalue weighted by Crippen LogP contribution is -2.11. The van der Waals surface area contributed by atoms with Gasteiger partial charge < -0.3 is 14.2 Å². The number of hydrogen-bond donors (Lipinski definition) is 0. The maximum Gasteiger partial charge on any atom is 0.0701 e. The Balaban J connectivity index is 2.94. The molecule has 0 aromatic carbocycles. The lowest BCUT2D eigenvalue weighted by atomic mass is 10.4. The smallest absolute Gasteiger partial charge is 0.0701 e. The fourth-order valence-corrected chi connectivity index (χ4v) is 2.11. The van der Waals surface area contributed by atoms with Gasteiger partial charge in [0.05, 0.1) is 33.0 Å². The van der Waals surface area contributed by atoms with Gasteiger partial charge in [0.1, 0.15) is 0 Å². The first-order valence-electron chi connectivity index (χ1n) is 6.72. The van der Waals surface area contributed by atoms with Crippen molar-refractivity contribution in [2.24, 2.45) is 0 Å². The van der Waals surface area contributed by atoms with Crippen LogP contribution < -0.4 is 0 Å². The van der Waals surface area contributed by atoms with Gasteiger partial charge in [0, 0.05) is 23.5 Å². The molecular formula is C13H27ClO3S. The summed E-state index contributed by atoms with van der Waals surface area (Å²) in [7, 11) is 0. The standard InChI is InChI=1S/C13H27ClO3S/c1-3-4-5-15-6-7-16-8-9-17-10-11-18-13(2)12-14/h13H,3-12H2,1-2H3. The van der Waals surface area contributed by atoms with Gasteiger partial charge in [-0.3, -0.25) is 0 Å². The minimum Gasteiger partial charge on any atom is -0.379 e. The maximum absolute atomic E-state index is 5.70. The largest absolute Gasteiger partial charge is 0.379 e. The van der Waals surface area contributed by atoms with Gasteiger partial charge in [0.25, 0.3) is 0 Å². The highest BCUT2D eigenvalue weighted by molar-refractivity contribution is 7.99. The van der Waals surface area contributed by atoms with Crippen LogP contribution in [0.2, 0.25) is 0 Å². The van der Waals surface area contributed by atoms with Gasteiger partial charge in [0.2, 0.25) is 0 Å². The molecule has 0 radical (unpaired) electrons. The molecule has 1 atom stereocenters. The average molecular weight is 299 g/mol. The molecule has 0 rings (SSSR count). The van der Waals surface area contributed by atoms with Crippen LogP contribution in [0.5, 0.6) is 0 Å². The van der Waals surface area contributed by atoms with Crippen LogP contribution in [0.3, 0.4) is 0 Å². The molecule has 0 bridgehead atoms. The maximum atomic E-state index is 5.70. The van der Waals surface area contributed by atoms with Gasteiger partial charge >= 0.3 is 0 Å². The van der Waals surface area contributed by atoms with E-state index >= 15 is 0 Å². The van der Waals surface area contributed by atoms with E-state index < -0.39 is 0 Å². The Morgan fingerprint density at radius 2 is 1.50 bits per heavy atom. The SMILES string of the molecule is CCCCOCCOCCOCCSC(C)CCl. The lowest BCUT2D eigenvalue weighted by molar-refractivity contribution is 0.0169. The van der Waals surface area contributed by atoms with E-state index in [9.17, 15) is 0 Å². The summed E-state index contributed by atoms with van der Waals surface area (Å²) in [5.41, 5.74) is 0. The van der Waals surface area contributed by atoms with Crippen molar-refractivity contribution in [2.45, 2.75) is 31.9 Å². The third-order valence-corrected chi connectivity index (χ3v) is 4.02. The van der Waals surface area contributed by atoms with E-state index in [0.29, 0.717) is 37.6 Å². The minimum absolute atomic E-state index is 0.506. The molecular weight excluding hydrogens is 272 g/mol. The fourth-order valence-electron chi connectivity index (χ4n) is 1.14. The normalized spacial score (nSPS) is 12.8. The summed E-state index contributed by atoms with van der Waals surface area (Å²) in [6.45, 7) is 8.53. The van der Waals surface area contributed by atoms with Crippen LogP contribution in [-0.4, -0.2) is 56.5 Å². The van der Waals surface area contributed by atoms with E-state index in [1.54, 1.807) is 0 Å². The molecule has 0 heterocycles. The molecule has 0 saturated carbocycles. The lowest BCUT2D eigenvalue weighted by Gasteiger charge is -2.08. The third kappa shape index (κ3) is 14.6. The van der Waals surface area contributed by atoms with Gasteiger partial charge in [0.15, 0.2) is 0 Å². The average Bonchev–Trinajstić information content (AvgIpc) is 2.39. The Kier molecular flexibility index (Phi) is 16.0. The number of alkyl halides is 1. The first kappa shape index (κ1) is 18.5. The second kappa shape index (κ2) is 15.6. The van der Waals surface area contributed by atoms with Crippen LogP contribution in [0.4, 0.5) is 0 Å². The zero-order valence-electron chi connectivity index (χ0n) is 11.7. The molecule has 0 aliphatic heterocycles. The number of halogens is 1. The Bertz CT molecular complexity index is 161. The van der Waals surface area contributed by atoms with Crippen molar-refractivity contribution in [3.05, 3.63) is 0 Å². The van der Waals surface area contributed by atoms with E-state index in [4.69, 9.17) is 25.8 Å². The van der Waals surface area contributed by atoms with E-state index in [0.717, 1.165) is 25.4 Å². The molecule has 0 spiro atoms. The summed E-state index contributed by atoms with van der Waals surface area (Å²) < 4.78 is 16.2. The predicted molar refractivity (Wildman–Crippen MR) is 80.0 cm³/mol. The summed E-state index contributed by atoms with van der Waals surface area (Å²) >= 11 is 7.54. The summed E-state index contributed by atoms with van der Waals surface area (Å²) in [6.07, 6.45) is 2.30. The first-order valence-corrected chi connectivity index (χ1v) is 8.30. The number of unbranched alkanes of at least 4 members (excludes halogenated alkanes) is 1. The molecule has 0 saturated heterocycles. The molecule has 0 N–H and O–H groups in total. The number of thioether (sulfide) groups is 1. The second-order valence-electron chi connectivity index (χ2n) is 4.03. The van der Waals surface area contributed by atoms with E-state index in [2.05, 4.69) is 13.8 Å². The van der Waals surface area contributed by atoms with E-state index in [1.165, 1.54) is 6.42 Å². The van der Waals surface area contributed by atoms with Gasteiger partial charge in [-0.25, -0.2) is 0 Å². The van der Waals surface area contributed by atoms with Gasteiger partial charge in [-0.1, -0.05) is 20.3 Å². The van der Waals surface area contributed by atoms with Crippen molar-refractivity contribution in [3.8, 4) is 0 Å². The zero-order chi connectivity index (χ0) is 13.5. The predicted octanol–water partition coefficient (Wildman–Crippen LogP) is 3.20. The Hall–Kier alpha value is 0.520. The van der Waals surface area contributed by atoms with Crippen molar-refractivity contribution in [3.63, 3.8) is 0 Å². The molecule has 1 unspecified atom stereocenters. The number of ether oxygens (including phenoxy) is 3. The molecule has 0 aromatic heterocycles. The van der Waals surface area contributed by atoms with Crippen molar-refractivity contribution in [2.75, 3.05) is 51.3 Å². The second-order valence-corrected chi connectivity index (χ2v) is 5.88. The van der Waals surface area contributed by atoms with Crippen molar-refractivity contribution in [1.29, 1.82) is 0 Å². The van der Waals surface area contributed by atoms with Crippen molar-refractivity contribution < 1.29 is 14.2 Å². The van der Waals surface area contributed by atoms with Gasteiger partial charge in [-0.15, -0.1) is 11.6 Å². The summed E-state index contributed by atoms with van der Waals surface area (Å²) in [5, 5.41) is 0.506. The molecule has 0 aromatic rings. The molecule has 0 aliphatic rings. The zero-order valence-corrected chi connectivity index (χ0v) is 13.2. The highest BCUT2D eigenvalue weighted by Gasteiger charge is 1.99. The highest BCUT2D eigenvalue weighted by atomic mass is 35.5. The quantitative estimate of drug-likeness (QED) is 0.364. The summed E-state index contributed by atoms with van der Waals surface area (Å²) in [5.74, 6) is 1.69. The molecule has 5 heteroatoms. The summed E-state index contributed by atoms with van der Waals surface area (Å²) in [4.78, 5) is 0. The Morgan fingerprint density at radius 3 is 2.06 bits per heavy atom. The fraction of sp³-hybridized carbons (Fsp3) is 1.00. The van der Waals surface area contributed by atoms with Crippen LogP contribution in [0.25, 0.3) is 0 Å². The van der Waals surface area contributed by atoms with Crippen molar-refractivity contribution in [1.82, 2.24) is 0 Å². The Morgan fingerprint density at radius 1 is 0.944 bits per heavy atom. The van der Waals surface area contributed by atoms with Crippen LogP contribution in [0, 0.1) is 0 Å². The van der Waals surface area contributed by atoms with Crippen LogP contribution in [-0.2, 0) is 14.2 Å². The van der Waals surface area contributed by atoms with E-state index in [1.807, 2.05) is 11.8 Å². The minimum atomic E-state index is 0.506. The van der Waals surface area contributed by atoms with Crippen LogP contribution in [0.1, 0.15) is 26.7 Å². The van der Waals surface area contributed by atoms with E-state index in [-0.39, 0.29) is 0 Å². The van der Waals surface area contributed by atoms with Crippen LogP contribution >= 0.6 is 23.4 Å². The summed E-state index contributed by atoms with van der Waals surface area (Å²) in [6, 6.07) is 0. The molecule has 110 valence electrons. The first-order chi connectivity index (χ1) is 8.81. The molecule has 0 amide bonds. The molecule has 0 fully saturated rings. The topological polar surface area (TPSA) is 27.7 Å². The van der Waals surface area contributed by atoms with Crippen LogP contribution in [0.15, 0.2) is 0 Å². The van der Waals surface area contributed by atoms with Gasteiger partial charge in [-0.05, 0) is 6.42 Å². The highest BCUT2D eigenvalue weighted by Crippen LogP contribution is 2.10. The van der Waals surface area contributed by atoms with Gasteiger partial charge in [-0.2, -0.15) is 11.8 Å². The third-order valence-electron chi connectivity index (χ3n) is 2.23.